The molecule has 3 N–H and O–H groups in total. The molecule has 4 rings (SSSR count). The number of fused-ring (bicyclic) bond motifs is 1. The number of azo groups is 1. The third kappa shape index (κ3) is 5.84. The molecule has 8 nitrogen and oxygen atoms in total. The topological polar surface area (TPSA) is 124 Å². The molecule has 1 heterocycles. The third-order valence-corrected chi connectivity index (χ3v) is 8.11. The van der Waals surface area contributed by atoms with Crippen molar-refractivity contribution < 1.29 is 18.3 Å². The standard InChI is InChI=1S/C27H27ClN4O4S/c1-4-27(2,3)18-9-14-23(37(35,36)32-20-12-10-19(28)11-13-20)17(15-18)16-24(33)30-31-25-21-7-5-6-8-22(21)29-26(25)34/h5-15,29,32,34H,4,16H2,1-3H3. The predicted octanol–water partition coefficient (Wildman–Crippen LogP) is 6.87. The molecule has 0 radical (unpaired) electrons. The molecule has 0 saturated heterocycles. The Morgan fingerprint density at radius 3 is 2.49 bits per heavy atom. The van der Waals surface area contributed by atoms with Gasteiger partial charge in [-0.15, -0.1) is 10.2 Å². The van der Waals surface area contributed by atoms with Gasteiger partial charge < -0.3 is 10.1 Å². The summed E-state index contributed by atoms with van der Waals surface area (Å²) >= 11 is 5.91. The van der Waals surface area contributed by atoms with E-state index in [1.165, 1.54) is 6.07 Å². The number of halogens is 1. The first-order valence-electron chi connectivity index (χ1n) is 11.7. The zero-order valence-electron chi connectivity index (χ0n) is 20.6. The van der Waals surface area contributed by atoms with Crippen LogP contribution in [-0.2, 0) is 26.7 Å². The highest BCUT2D eigenvalue weighted by atomic mass is 35.5. The van der Waals surface area contributed by atoms with Gasteiger partial charge in [-0.05, 0) is 59.4 Å². The van der Waals surface area contributed by atoms with Crippen LogP contribution < -0.4 is 4.72 Å². The number of sulfonamides is 1. The number of carbonyl (C=O) groups is 1. The van der Waals surface area contributed by atoms with Gasteiger partial charge in [0, 0.05) is 16.1 Å². The molecule has 3 aromatic carbocycles. The summed E-state index contributed by atoms with van der Waals surface area (Å²) in [5.74, 6) is -0.862. The molecule has 0 unspecified atom stereocenters. The van der Waals surface area contributed by atoms with E-state index in [0.29, 0.717) is 27.2 Å². The SMILES string of the molecule is CCC(C)(C)c1ccc(S(=O)(=O)Nc2ccc(Cl)cc2)c(CC(=O)N=Nc2c(O)[nH]c3ccccc23)c1. The van der Waals surface area contributed by atoms with Crippen molar-refractivity contribution in [2.45, 2.75) is 43.9 Å². The summed E-state index contributed by atoms with van der Waals surface area (Å²) in [7, 11) is -4.03. The maximum atomic E-state index is 13.3. The lowest BCUT2D eigenvalue weighted by atomic mass is 9.81. The first-order chi connectivity index (χ1) is 17.5. The van der Waals surface area contributed by atoms with Crippen LogP contribution in [0.3, 0.4) is 0 Å². The molecule has 1 amide bonds. The molecule has 0 aliphatic carbocycles. The van der Waals surface area contributed by atoms with Crippen molar-refractivity contribution in [1.29, 1.82) is 0 Å². The second-order valence-corrected chi connectivity index (χ2v) is 11.4. The fourth-order valence-electron chi connectivity index (χ4n) is 3.85. The molecular formula is C27H27ClN4O4S. The van der Waals surface area contributed by atoms with Crippen LogP contribution in [0.15, 0.2) is 81.9 Å². The number of aromatic hydroxyl groups is 1. The van der Waals surface area contributed by atoms with E-state index in [1.54, 1.807) is 60.7 Å². The Bertz CT molecular complexity index is 1590. The van der Waals surface area contributed by atoms with Crippen LogP contribution in [0.2, 0.25) is 5.02 Å². The van der Waals surface area contributed by atoms with Crippen LogP contribution in [0.1, 0.15) is 38.3 Å². The molecule has 37 heavy (non-hydrogen) atoms. The fourth-order valence-corrected chi connectivity index (χ4v) is 5.26. The maximum Gasteiger partial charge on any atom is 0.269 e. The average molecular weight is 539 g/mol. The lowest BCUT2D eigenvalue weighted by Gasteiger charge is -2.25. The van der Waals surface area contributed by atoms with Gasteiger partial charge in [-0.1, -0.05) is 62.7 Å². The van der Waals surface area contributed by atoms with Crippen LogP contribution in [0, 0.1) is 0 Å². The molecule has 0 aliphatic heterocycles. The van der Waals surface area contributed by atoms with Gasteiger partial charge in [0.05, 0.1) is 16.8 Å². The second-order valence-electron chi connectivity index (χ2n) is 9.31. The number of nitrogens with one attached hydrogen (secondary N) is 2. The van der Waals surface area contributed by atoms with Gasteiger partial charge in [0.1, 0.15) is 0 Å². The second kappa shape index (κ2) is 10.4. The number of H-pyrrole nitrogens is 1. The van der Waals surface area contributed by atoms with E-state index in [1.807, 2.05) is 20.8 Å². The molecule has 192 valence electrons. The summed E-state index contributed by atoms with van der Waals surface area (Å²) in [4.78, 5) is 15.6. The number of hydrogen-bond acceptors (Lipinski definition) is 5. The third-order valence-electron chi connectivity index (χ3n) is 6.37. The summed E-state index contributed by atoms with van der Waals surface area (Å²) in [5.41, 5.74) is 2.09. The lowest BCUT2D eigenvalue weighted by Crippen LogP contribution is -2.19. The van der Waals surface area contributed by atoms with Crippen LogP contribution >= 0.6 is 11.6 Å². The van der Waals surface area contributed by atoms with E-state index in [9.17, 15) is 18.3 Å². The first-order valence-corrected chi connectivity index (χ1v) is 13.5. The van der Waals surface area contributed by atoms with Crippen LogP contribution in [0.5, 0.6) is 5.88 Å². The van der Waals surface area contributed by atoms with Crippen molar-refractivity contribution in [2.24, 2.45) is 10.2 Å². The quantitative estimate of drug-likeness (QED) is 0.212. The summed E-state index contributed by atoms with van der Waals surface area (Å²) < 4.78 is 29.2. The van der Waals surface area contributed by atoms with Gasteiger partial charge >= 0.3 is 0 Å². The van der Waals surface area contributed by atoms with Gasteiger partial charge in [-0.3, -0.25) is 9.52 Å². The van der Waals surface area contributed by atoms with Crippen LogP contribution in [0.25, 0.3) is 10.9 Å². The number of para-hydroxylation sites is 1. The summed E-state index contributed by atoms with van der Waals surface area (Å²) in [6.45, 7) is 6.14. The Kier molecular flexibility index (Phi) is 7.38. The van der Waals surface area contributed by atoms with E-state index >= 15 is 0 Å². The number of hydrogen-bond donors (Lipinski definition) is 3. The predicted molar refractivity (Wildman–Crippen MR) is 145 cm³/mol. The molecule has 1 aromatic heterocycles. The molecule has 0 spiro atoms. The van der Waals surface area contributed by atoms with Crippen LogP contribution in [-0.4, -0.2) is 24.4 Å². The minimum Gasteiger partial charge on any atom is -0.493 e. The van der Waals surface area contributed by atoms with Crippen molar-refractivity contribution in [3.05, 3.63) is 82.9 Å². The molecule has 0 aliphatic rings. The van der Waals surface area contributed by atoms with Crippen molar-refractivity contribution in [2.75, 3.05) is 4.72 Å². The van der Waals surface area contributed by atoms with Gasteiger partial charge in [0.2, 0.25) is 5.88 Å². The van der Waals surface area contributed by atoms with Crippen molar-refractivity contribution in [3.8, 4) is 5.88 Å². The van der Waals surface area contributed by atoms with Gasteiger partial charge in [-0.2, -0.15) is 0 Å². The smallest absolute Gasteiger partial charge is 0.269 e. The molecule has 4 aromatic rings. The largest absolute Gasteiger partial charge is 0.493 e. The summed E-state index contributed by atoms with van der Waals surface area (Å²) in [5, 5.41) is 19.0. The van der Waals surface area contributed by atoms with Crippen LogP contribution in [0.4, 0.5) is 11.4 Å². The Hall–Kier alpha value is -3.69. The van der Waals surface area contributed by atoms with Gasteiger partial charge in [-0.25, -0.2) is 8.42 Å². The number of aromatic amines is 1. The van der Waals surface area contributed by atoms with E-state index in [4.69, 9.17) is 11.6 Å². The minimum absolute atomic E-state index is 0.0309. The first kappa shape index (κ1) is 26.4. The van der Waals surface area contributed by atoms with Crippen molar-refractivity contribution in [3.63, 3.8) is 0 Å². The van der Waals surface area contributed by atoms with Gasteiger partial charge in [0.25, 0.3) is 15.9 Å². The zero-order valence-corrected chi connectivity index (χ0v) is 22.2. The fraction of sp³-hybridized carbons (Fsp3) is 0.222. The molecule has 0 fully saturated rings. The molecule has 0 bridgehead atoms. The van der Waals surface area contributed by atoms with Gasteiger partial charge in [0.15, 0.2) is 5.69 Å². The highest BCUT2D eigenvalue weighted by Gasteiger charge is 2.25. The Morgan fingerprint density at radius 1 is 1.08 bits per heavy atom. The van der Waals surface area contributed by atoms with E-state index < -0.39 is 15.9 Å². The highest BCUT2D eigenvalue weighted by molar-refractivity contribution is 7.92. The van der Waals surface area contributed by atoms with E-state index in [2.05, 4.69) is 19.9 Å². The van der Waals surface area contributed by atoms with E-state index in [0.717, 1.165) is 12.0 Å². The summed E-state index contributed by atoms with van der Waals surface area (Å²) in [6, 6.07) is 18.4. The average Bonchev–Trinajstić information content (AvgIpc) is 3.18. The zero-order chi connectivity index (χ0) is 26.8. The number of anilines is 1. The lowest BCUT2D eigenvalue weighted by molar-refractivity contribution is -0.117. The van der Waals surface area contributed by atoms with Crippen molar-refractivity contribution in [1.82, 2.24) is 4.98 Å². The number of aromatic nitrogens is 1. The van der Waals surface area contributed by atoms with E-state index in [-0.39, 0.29) is 28.3 Å². The minimum atomic E-state index is -4.03. The number of nitrogens with zero attached hydrogens (tertiary/aromatic N) is 2. The maximum absolute atomic E-state index is 13.3. The number of rotatable bonds is 8. The Labute approximate surface area is 220 Å². The normalized spacial score (nSPS) is 12.3. The molecular weight excluding hydrogens is 512 g/mol. The Balaban J connectivity index is 1.68. The number of amides is 1. The highest BCUT2D eigenvalue weighted by Crippen LogP contribution is 2.35. The van der Waals surface area contributed by atoms with Crippen molar-refractivity contribution >= 4 is 49.8 Å². The molecule has 10 heteroatoms. The Morgan fingerprint density at radius 2 is 1.78 bits per heavy atom. The molecule has 0 saturated carbocycles. The number of carbonyl (C=O) groups excluding carboxylic acids is 1. The number of benzene rings is 3. The molecule has 0 atom stereocenters. The monoisotopic (exact) mass is 538 g/mol. The summed E-state index contributed by atoms with van der Waals surface area (Å²) in [6.07, 6.45) is 0.520.